The van der Waals surface area contributed by atoms with E-state index in [0.717, 1.165) is 0 Å². The number of hydrogen-bond acceptors (Lipinski definition) is 6. The van der Waals surface area contributed by atoms with Gasteiger partial charge >= 0.3 is 0 Å². The van der Waals surface area contributed by atoms with Crippen LogP contribution in [0.3, 0.4) is 0 Å². The van der Waals surface area contributed by atoms with Gasteiger partial charge in [-0.2, -0.15) is 11.3 Å². The van der Waals surface area contributed by atoms with Crippen molar-refractivity contribution in [2.24, 2.45) is 0 Å². The van der Waals surface area contributed by atoms with Crippen LogP contribution in [0.4, 0.5) is 0 Å². The van der Waals surface area contributed by atoms with Gasteiger partial charge in [0.15, 0.2) is 11.5 Å². The Balaban J connectivity index is 2.23. The lowest BCUT2D eigenvalue weighted by molar-refractivity contribution is 0.0941. The van der Waals surface area contributed by atoms with Crippen molar-refractivity contribution in [2.75, 3.05) is 40.5 Å². The molecule has 0 radical (unpaired) electrons. The summed E-state index contributed by atoms with van der Waals surface area (Å²) < 4.78 is 17.1. The number of thiophene rings is 1. The third-order valence-corrected chi connectivity index (χ3v) is 4.88. The molecule has 154 valence electrons. The summed E-state index contributed by atoms with van der Waals surface area (Å²) in [5.41, 5.74) is 1.67. The Hall–Kier alpha value is -2.25. The lowest BCUT2D eigenvalue weighted by Crippen LogP contribution is -2.34. The zero-order valence-corrected chi connectivity index (χ0v) is 18.1. The highest BCUT2D eigenvalue weighted by Crippen LogP contribution is 2.39. The number of ether oxygens (including phenoxy) is 3. The Labute approximate surface area is 171 Å². The predicted molar refractivity (Wildman–Crippen MR) is 113 cm³/mol. The second-order valence-corrected chi connectivity index (χ2v) is 7.13. The van der Waals surface area contributed by atoms with Crippen molar-refractivity contribution in [3.8, 4) is 17.2 Å². The monoisotopic (exact) mass is 406 g/mol. The van der Waals surface area contributed by atoms with Crippen molar-refractivity contribution >= 4 is 17.2 Å². The summed E-state index contributed by atoms with van der Waals surface area (Å²) in [7, 11) is 4.01. The molecule has 0 saturated carbocycles. The molecule has 6 nitrogen and oxygen atoms in total. The minimum atomic E-state index is -0.174. The van der Waals surface area contributed by atoms with Crippen molar-refractivity contribution in [2.45, 2.75) is 26.8 Å². The van der Waals surface area contributed by atoms with E-state index in [2.05, 4.69) is 21.7 Å². The first-order valence-electron chi connectivity index (χ1n) is 9.54. The summed E-state index contributed by atoms with van der Waals surface area (Å²) in [6.45, 7) is 7.62. The molecule has 0 fully saturated rings. The quantitative estimate of drug-likeness (QED) is 0.612. The highest BCUT2D eigenvalue weighted by atomic mass is 32.1. The van der Waals surface area contributed by atoms with E-state index in [9.17, 15) is 4.79 Å². The summed E-state index contributed by atoms with van der Waals surface area (Å²) in [4.78, 5) is 14.9. The van der Waals surface area contributed by atoms with Gasteiger partial charge < -0.3 is 24.4 Å². The molecule has 0 aliphatic heterocycles. The fraction of sp³-hybridized carbons (Fsp3) is 0.476. The summed E-state index contributed by atoms with van der Waals surface area (Å²) in [5.74, 6) is 1.39. The minimum absolute atomic E-state index is 0.107. The van der Waals surface area contributed by atoms with Crippen LogP contribution in [0.5, 0.6) is 17.2 Å². The predicted octanol–water partition coefficient (Wildman–Crippen LogP) is 3.98. The van der Waals surface area contributed by atoms with Crippen molar-refractivity contribution in [1.82, 2.24) is 10.2 Å². The van der Waals surface area contributed by atoms with Gasteiger partial charge in [0.1, 0.15) is 0 Å². The lowest BCUT2D eigenvalue weighted by atomic mass is 10.1. The van der Waals surface area contributed by atoms with Gasteiger partial charge in [0.05, 0.1) is 25.9 Å². The standard InChI is InChI=1S/C21H30N2O4S/c1-6-25-18-11-16(12-19(26-7-2)20(18)27-8-3)21(24)22-13-17(23(4)5)15-9-10-28-14-15/h9-12,14,17H,6-8,13H2,1-5H3,(H,22,24). The fourth-order valence-corrected chi connectivity index (χ4v) is 3.58. The molecule has 1 N–H and O–H groups in total. The number of amides is 1. The van der Waals surface area contributed by atoms with E-state index < -0.39 is 0 Å². The van der Waals surface area contributed by atoms with Crippen LogP contribution < -0.4 is 19.5 Å². The summed E-state index contributed by atoms with van der Waals surface area (Å²) in [6, 6.07) is 5.61. The van der Waals surface area contributed by atoms with Gasteiger partial charge in [0.2, 0.25) is 5.75 Å². The molecule has 1 unspecified atom stereocenters. The van der Waals surface area contributed by atoms with E-state index in [1.54, 1.807) is 23.5 Å². The summed E-state index contributed by atoms with van der Waals surface area (Å²) >= 11 is 1.65. The Morgan fingerprint density at radius 3 is 2.14 bits per heavy atom. The van der Waals surface area contributed by atoms with Crippen LogP contribution in [0, 0.1) is 0 Å². The Morgan fingerprint density at radius 2 is 1.68 bits per heavy atom. The molecule has 28 heavy (non-hydrogen) atoms. The molecule has 2 aromatic rings. The first-order chi connectivity index (χ1) is 13.5. The highest BCUT2D eigenvalue weighted by molar-refractivity contribution is 7.07. The summed E-state index contributed by atoms with van der Waals surface area (Å²) in [5, 5.41) is 7.18. The molecule has 0 aliphatic rings. The van der Waals surface area contributed by atoms with E-state index in [4.69, 9.17) is 14.2 Å². The summed E-state index contributed by atoms with van der Waals surface area (Å²) in [6.07, 6.45) is 0. The number of carbonyl (C=O) groups excluding carboxylic acids is 1. The Morgan fingerprint density at radius 1 is 1.07 bits per heavy atom. The molecule has 1 amide bonds. The fourth-order valence-electron chi connectivity index (χ4n) is 2.87. The average molecular weight is 407 g/mol. The number of carbonyl (C=O) groups is 1. The first-order valence-corrected chi connectivity index (χ1v) is 10.5. The van der Waals surface area contributed by atoms with E-state index in [0.29, 0.717) is 49.2 Å². The van der Waals surface area contributed by atoms with E-state index in [1.807, 2.05) is 40.2 Å². The molecular formula is C21H30N2O4S. The maximum absolute atomic E-state index is 12.8. The minimum Gasteiger partial charge on any atom is -0.490 e. The molecule has 1 aromatic carbocycles. The average Bonchev–Trinajstić information content (AvgIpc) is 3.18. The van der Waals surface area contributed by atoms with Gasteiger partial charge in [-0.05, 0) is 69.4 Å². The second kappa shape index (κ2) is 10.9. The molecule has 7 heteroatoms. The van der Waals surface area contributed by atoms with Crippen LogP contribution in [-0.2, 0) is 0 Å². The number of nitrogens with zero attached hydrogens (tertiary/aromatic N) is 1. The van der Waals surface area contributed by atoms with Gasteiger partial charge in [-0.25, -0.2) is 0 Å². The van der Waals surface area contributed by atoms with Crippen molar-refractivity contribution in [3.63, 3.8) is 0 Å². The van der Waals surface area contributed by atoms with Crippen LogP contribution in [0.15, 0.2) is 29.0 Å². The van der Waals surface area contributed by atoms with Gasteiger partial charge in [-0.3, -0.25) is 4.79 Å². The molecule has 0 saturated heterocycles. The number of likely N-dealkylation sites (N-methyl/N-ethyl adjacent to an activating group) is 1. The first kappa shape index (κ1) is 22.0. The molecule has 0 aliphatic carbocycles. The smallest absolute Gasteiger partial charge is 0.251 e. The normalized spacial score (nSPS) is 11.9. The van der Waals surface area contributed by atoms with Crippen molar-refractivity contribution in [1.29, 1.82) is 0 Å². The Kier molecular flexibility index (Phi) is 8.60. The van der Waals surface area contributed by atoms with Gasteiger partial charge in [-0.15, -0.1) is 0 Å². The van der Waals surface area contributed by atoms with Gasteiger partial charge in [0.25, 0.3) is 5.91 Å². The van der Waals surface area contributed by atoms with E-state index >= 15 is 0 Å². The molecule has 0 spiro atoms. The SMILES string of the molecule is CCOc1cc(C(=O)NCC(c2ccsc2)N(C)C)cc(OCC)c1OCC. The number of rotatable bonds is 11. The van der Waals surface area contributed by atoms with Crippen LogP contribution in [0.25, 0.3) is 0 Å². The topological polar surface area (TPSA) is 60.0 Å². The maximum Gasteiger partial charge on any atom is 0.251 e. The van der Waals surface area contributed by atoms with E-state index in [-0.39, 0.29) is 11.9 Å². The second-order valence-electron chi connectivity index (χ2n) is 6.35. The highest BCUT2D eigenvalue weighted by Gasteiger charge is 2.20. The maximum atomic E-state index is 12.8. The molecule has 0 bridgehead atoms. The van der Waals surface area contributed by atoms with Gasteiger partial charge in [-0.1, -0.05) is 0 Å². The zero-order chi connectivity index (χ0) is 20.5. The molecule has 2 rings (SSSR count). The lowest BCUT2D eigenvalue weighted by Gasteiger charge is -2.24. The van der Waals surface area contributed by atoms with E-state index in [1.165, 1.54) is 5.56 Å². The van der Waals surface area contributed by atoms with Crippen molar-refractivity contribution < 1.29 is 19.0 Å². The number of hydrogen-bond donors (Lipinski definition) is 1. The van der Waals surface area contributed by atoms with Crippen LogP contribution >= 0.6 is 11.3 Å². The largest absolute Gasteiger partial charge is 0.490 e. The van der Waals surface area contributed by atoms with Gasteiger partial charge in [0, 0.05) is 12.1 Å². The van der Waals surface area contributed by atoms with Crippen LogP contribution in [-0.4, -0.2) is 51.3 Å². The molecule has 1 aromatic heterocycles. The molecule has 1 atom stereocenters. The third kappa shape index (κ3) is 5.62. The third-order valence-electron chi connectivity index (χ3n) is 4.18. The van der Waals surface area contributed by atoms with Crippen LogP contribution in [0.1, 0.15) is 42.7 Å². The van der Waals surface area contributed by atoms with Crippen LogP contribution in [0.2, 0.25) is 0 Å². The molecular weight excluding hydrogens is 376 g/mol. The zero-order valence-electron chi connectivity index (χ0n) is 17.3. The number of benzene rings is 1. The Bertz CT molecular complexity index is 720. The van der Waals surface area contributed by atoms with Crippen molar-refractivity contribution in [3.05, 3.63) is 40.1 Å². The number of nitrogens with one attached hydrogen (secondary N) is 1. The molecule has 1 heterocycles.